The van der Waals surface area contributed by atoms with E-state index in [4.69, 9.17) is 4.74 Å². The molecule has 2 aromatic rings. The van der Waals surface area contributed by atoms with Crippen LogP contribution in [-0.2, 0) is 23.1 Å². The lowest BCUT2D eigenvalue weighted by Gasteiger charge is -2.28. The van der Waals surface area contributed by atoms with Gasteiger partial charge in [0.2, 0.25) is 5.91 Å². The first kappa shape index (κ1) is 22.5. The molecule has 0 aliphatic carbocycles. The van der Waals surface area contributed by atoms with Crippen LogP contribution in [0.1, 0.15) is 25.5 Å². The van der Waals surface area contributed by atoms with E-state index >= 15 is 0 Å². The van der Waals surface area contributed by atoms with Gasteiger partial charge in [-0.3, -0.25) is 4.79 Å². The molecule has 0 atom stereocenters. The number of aromatic nitrogens is 1. The Morgan fingerprint density at radius 1 is 1.07 bits per heavy atom. The van der Waals surface area contributed by atoms with Crippen molar-refractivity contribution in [1.29, 1.82) is 0 Å². The van der Waals surface area contributed by atoms with Crippen molar-refractivity contribution in [3.05, 3.63) is 54.4 Å². The molecule has 1 aromatic carbocycles. The molecule has 3 amide bonds. The minimum Gasteiger partial charge on any atom is -0.383 e. The summed E-state index contributed by atoms with van der Waals surface area (Å²) in [6.07, 6.45) is 3.89. The molecule has 0 spiro atoms. The number of hydrogen-bond donors (Lipinski definition) is 1. The number of para-hydroxylation sites is 1. The van der Waals surface area contributed by atoms with Crippen LogP contribution in [0.5, 0.6) is 0 Å². The zero-order valence-corrected chi connectivity index (χ0v) is 17.6. The number of anilines is 1. The fourth-order valence-electron chi connectivity index (χ4n) is 2.94. The average Bonchev–Trinajstić information content (AvgIpc) is 3.13. The van der Waals surface area contributed by atoms with Crippen LogP contribution in [0.25, 0.3) is 0 Å². The Morgan fingerprint density at radius 2 is 1.83 bits per heavy atom. The van der Waals surface area contributed by atoms with Crippen LogP contribution >= 0.6 is 0 Å². The zero-order chi connectivity index (χ0) is 21.1. The molecule has 0 saturated heterocycles. The predicted octanol–water partition coefficient (Wildman–Crippen LogP) is 3.33. The smallest absolute Gasteiger partial charge is 0.322 e. The van der Waals surface area contributed by atoms with Crippen molar-refractivity contribution >= 4 is 17.6 Å². The van der Waals surface area contributed by atoms with Gasteiger partial charge in [0.15, 0.2) is 0 Å². The Kier molecular flexibility index (Phi) is 9.24. The molecule has 2 rings (SSSR count). The Balaban J connectivity index is 2.07. The van der Waals surface area contributed by atoms with Gasteiger partial charge in [0.05, 0.1) is 13.2 Å². The van der Waals surface area contributed by atoms with Crippen LogP contribution in [0.15, 0.2) is 48.7 Å². The van der Waals surface area contributed by atoms with E-state index in [1.807, 2.05) is 65.2 Å². The second-order valence-corrected chi connectivity index (χ2v) is 6.99. The van der Waals surface area contributed by atoms with Crippen molar-refractivity contribution in [3.8, 4) is 0 Å². The van der Waals surface area contributed by atoms with E-state index in [2.05, 4.69) is 12.2 Å². The van der Waals surface area contributed by atoms with E-state index in [0.717, 1.165) is 18.5 Å². The number of unbranched alkanes of at least 4 members (excludes halogenated alkanes) is 1. The number of carbonyl (C=O) groups is 2. The summed E-state index contributed by atoms with van der Waals surface area (Å²) in [4.78, 5) is 29.1. The van der Waals surface area contributed by atoms with Crippen molar-refractivity contribution in [2.45, 2.75) is 26.3 Å². The summed E-state index contributed by atoms with van der Waals surface area (Å²) >= 11 is 0. The minimum absolute atomic E-state index is 0.0101. The molecule has 1 heterocycles. The van der Waals surface area contributed by atoms with Gasteiger partial charge in [-0.25, -0.2) is 4.79 Å². The fraction of sp³-hybridized carbons (Fsp3) is 0.455. The Hall–Kier alpha value is -2.80. The van der Waals surface area contributed by atoms with Crippen molar-refractivity contribution in [2.24, 2.45) is 7.05 Å². The molecule has 0 saturated carbocycles. The Morgan fingerprint density at radius 3 is 2.45 bits per heavy atom. The van der Waals surface area contributed by atoms with Gasteiger partial charge in [0, 0.05) is 44.8 Å². The van der Waals surface area contributed by atoms with Crippen molar-refractivity contribution < 1.29 is 14.3 Å². The van der Waals surface area contributed by atoms with E-state index in [1.165, 1.54) is 4.90 Å². The number of urea groups is 1. The van der Waals surface area contributed by atoms with Crippen molar-refractivity contribution in [2.75, 3.05) is 38.7 Å². The highest BCUT2D eigenvalue weighted by Crippen LogP contribution is 2.10. The first-order valence-electron chi connectivity index (χ1n) is 10.0. The van der Waals surface area contributed by atoms with Gasteiger partial charge in [-0.1, -0.05) is 31.5 Å². The van der Waals surface area contributed by atoms with Gasteiger partial charge in [-0.15, -0.1) is 0 Å². The summed E-state index contributed by atoms with van der Waals surface area (Å²) in [5.74, 6) is -0.0704. The van der Waals surface area contributed by atoms with E-state index in [0.29, 0.717) is 31.9 Å². The summed E-state index contributed by atoms with van der Waals surface area (Å²) in [6.45, 7) is 4.01. The zero-order valence-electron chi connectivity index (χ0n) is 17.6. The SMILES string of the molecule is CCCCN(Cc1cccn1C)C(=O)CN(CCOC)C(=O)Nc1ccccc1. The number of aryl methyl sites for hydroxylation is 1. The molecule has 0 bridgehead atoms. The van der Waals surface area contributed by atoms with Crippen LogP contribution in [0.3, 0.4) is 0 Å². The van der Waals surface area contributed by atoms with Gasteiger partial charge < -0.3 is 24.4 Å². The van der Waals surface area contributed by atoms with Gasteiger partial charge >= 0.3 is 6.03 Å². The topological polar surface area (TPSA) is 66.8 Å². The third-order valence-corrected chi connectivity index (χ3v) is 4.74. The van der Waals surface area contributed by atoms with Gasteiger partial charge in [0.25, 0.3) is 0 Å². The van der Waals surface area contributed by atoms with Crippen LogP contribution in [0.4, 0.5) is 10.5 Å². The molecular weight excluding hydrogens is 368 g/mol. The maximum atomic E-state index is 13.1. The quantitative estimate of drug-likeness (QED) is 0.629. The number of methoxy groups -OCH3 is 1. The molecule has 7 nitrogen and oxygen atoms in total. The van der Waals surface area contributed by atoms with Crippen LogP contribution in [0, 0.1) is 0 Å². The van der Waals surface area contributed by atoms with E-state index in [9.17, 15) is 9.59 Å². The third kappa shape index (κ3) is 7.27. The maximum absolute atomic E-state index is 13.1. The normalized spacial score (nSPS) is 10.6. The molecule has 7 heteroatoms. The summed E-state index contributed by atoms with van der Waals surface area (Å²) in [7, 11) is 3.55. The highest BCUT2D eigenvalue weighted by atomic mass is 16.5. The molecule has 0 aliphatic rings. The van der Waals surface area contributed by atoms with Gasteiger partial charge in [-0.05, 0) is 30.7 Å². The van der Waals surface area contributed by atoms with Gasteiger partial charge in [0.1, 0.15) is 6.54 Å². The number of rotatable bonds is 11. The first-order chi connectivity index (χ1) is 14.0. The summed E-state index contributed by atoms with van der Waals surface area (Å²) < 4.78 is 7.14. The summed E-state index contributed by atoms with van der Waals surface area (Å²) in [5.41, 5.74) is 1.76. The lowest BCUT2D eigenvalue weighted by molar-refractivity contribution is -0.132. The summed E-state index contributed by atoms with van der Waals surface area (Å²) in [5, 5.41) is 2.85. The number of nitrogens with zero attached hydrogens (tertiary/aromatic N) is 3. The minimum atomic E-state index is -0.309. The molecular formula is C22H32N4O3. The van der Waals surface area contributed by atoms with E-state index in [-0.39, 0.29) is 18.5 Å². The lowest BCUT2D eigenvalue weighted by Crippen LogP contribution is -2.45. The van der Waals surface area contributed by atoms with Crippen LogP contribution in [0.2, 0.25) is 0 Å². The molecule has 0 aliphatic heterocycles. The molecule has 1 aromatic heterocycles. The largest absolute Gasteiger partial charge is 0.383 e. The predicted molar refractivity (Wildman–Crippen MR) is 115 cm³/mol. The second kappa shape index (κ2) is 11.9. The fourth-order valence-corrected chi connectivity index (χ4v) is 2.94. The number of ether oxygens (including phenoxy) is 1. The summed E-state index contributed by atoms with van der Waals surface area (Å²) in [6, 6.07) is 12.9. The Bertz CT molecular complexity index is 760. The Labute approximate surface area is 173 Å². The molecule has 0 radical (unpaired) electrons. The second-order valence-electron chi connectivity index (χ2n) is 6.99. The number of carbonyl (C=O) groups excluding carboxylic acids is 2. The third-order valence-electron chi connectivity index (χ3n) is 4.74. The maximum Gasteiger partial charge on any atom is 0.322 e. The lowest BCUT2D eigenvalue weighted by atomic mass is 10.2. The number of benzene rings is 1. The molecule has 1 N–H and O–H groups in total. The first-order valence-corrected chi connectivity index (χ1v) is 10.0. The van der Waals surface area contributed by atoms with Crippen molar-refractivity contribution in [3.63, 3.8) is 0 Å². The van der Waals surface area contributed by atoms with Gasteiger partial charge in [-0.2, -0.15) is 0 Å². The molecule has 29 heavy (non-hydrogen) atoms. The number of amides is 3. The molecule has 158 valence electrons. The molecule has 0 unspecified atom stereocenters. The number of hydrogen-bond acceptors (Lipinski definition) is 3. The molecule has 0 fully saturated rings. The van der Waals surface area contributed by atoms with E-state index in [1.54, 1.807) is 7.11 Å². The van der Waals surface area contributed by atoms with Crippen LogP contribution < -0.4 is 5.32 Å². The van der Waals surface area contributed by atoms with Crippen molar-refractivity contribution in [1.82, 2.24) is 14.4 Å². The highest BCUT2D eigenvalue weighted by molar-refractivity contribution is 5.92. The standard InChI is InChI=1S/C22H32N4O3/c1-4-5-14-25(17-20-12-9-13-24(20)2)21(27)18-26(15-16-29-3)22(28)23-19-10-7-6-8-11-19/h6-13H,4-5,14-18H2,1-3H3,(H,23,28). The number of nitrogens with one attached hydrogen (secondary N) is 1. The average molecular weight is 401 g/mol. The monoisotopic (exact) mass is 400 g/mol. The van der Waals surface area contributed by atoms with Crippen LogP contribution in [-0.4, -0.2) is 59.7 Å². The highest BCUT2D eigenvalue weighted by Gasteiger charge is 2.22. The van der Waals surface area contributed by atoms with E-state index < -0.39 is 0 Å².